The van der Waals surface area contributed by atoms with Crippen molar-refractivity contribution in [3.05, 3.63) is 47.8 Å². The maximum atomic E-state index is 9.56. The first-order valence-corrected chi connectivity index (χ1v) is 15.1. The van der Waals surface area contributed by atoms with Crippen LogP contribution in [0, 0.1) is 18.3 Å². The number of ether oxygens (including phenoxy) is 2. The third-order valence-corrected chi connectivity index (χ3v) is 8.90. The van der Waals surface area contributed by atoms with E-state index in [1.165, 1.54) is 0 Å². The van der Waals surface area contributed by atoms with Crippen LogP contribution in [0.15, 0.2) is 36.5 Å². The van der Waals surface area contributed by atoms with Gasteiger partial charge in [-0.25, -0.2) is 4.98 Å². The fraction of sp³-hybridized carbons (Fsp3) is 0.548. The summed E-state index contributed by atoms with van der Waals surface area (Å²) in [5.41, 5.74) is 3.41. The Bertz CT molecular complexity index is 1470. The van der Waals surface area contributed by atoms with Gasteiger partial charge in [-0.2, -0.15) is 10.2 Å². The van der Waals surface area contributed by atoms with Gasteiger partial charge in [0.25, 0.3) is 0 Å². The van der Waals surface area contributed by atoms with E-state index >= 15 is 0 Å². The van der Waals surface area contributed by atoms with Gasteiger partial charge in [-0.3, -0.25) is 9.88 Å². The van der Waals surface area contributed by atoms with Gasteiger partial charge in [-0.1, -0.05) is 0 Å². The van der Waals surface area contributed by atoms with Gasteiger partial charge in [0, 0.05) is 87.9 Å². The van der Waals surface area contributed by atoms with Gasteiger partial charge in [0.2, 0.25) is 5.95 Å². The molecular weight excluding hydrogens is 530 g/mol. The molecule has 6 heterocycles. The van der Waals surface area contributed by atoms with Gasteiger partial charge < -0.3 is 29.5 Å². The molecule has 1 aromatic carbocycles. The van der Waals surface area contributed by atoms with E-state index in [2.05, 4.69) is 68.0 Å². The first-order chi connectivity index (χ1) is 20.5. The quantitative estimate of drug-likeness (QED) is 0.486. The highest BCUT2D eigenvalue weighted by molar-refractivity contribution is 5.95. The maximum Gasteiger partial charge on any atom is 0.227 e. The summed E-state index contributed by atoms with van der Waals surface area (Å²) in [5.74, 6) is 1.82. The topological polar surface area (TPSA) is 106 Å². The number of aromatic nitrogens is 3. The third-order valence-electron chi connectivity index (χ3n) is 8.90. The molecule has 4 fully saturated rings. The first-order valence-electron chi connectivity index (χ1n) is 15.1. The SMILES string of the molecule is Cc1cc(N2CCN(C[C@H]3CN(c4ccc(C#N)c5ncccc45)C[C@@H](C)O3)CC2)nc(N2CC3(CNCCO3)C2)n1. The molecule has 42 heavy (non-hydrogen) atoms. The second-order valence-electron chi connectivity index (χ2n) is 12.1. The van der Waals surface area contributed by atoms with E-state index in [1.807, 2.05) is 12.1 Å². The van der Waals surface area contributed by atoms with Crippen molar-refractivity contribution in [2.75, 3.05) is 93.3 Å². The Labute approximate surface area is 247 Å². The predicted molar refractivity (Wildman–Crippen MR) is 162 cm³/mol. The maximum absolute atomic E-state index is 9.56. The van der Waals surface area contributed by atoms with Crippen LogP contribution in [0.25, 0.3) is 10.9 Å². The average molecular weight is 570 g/mol. The number of anilines is 3. The molecular formula is C31H39N9O2. The van der Waals surface area contributed by atoms with Gasteiger partial charge in [-0.15, -0.1) is 0 Å². The van der Waals surface area contributed by atoms with Gasteiger partial charge >= 0.3 is 0 Å². The van der Waals surface area contributed by atoms with E-state index in [1.54, 1.807) is 6.20 Å². The largest absolute Gasteiger partial charge is 0.370 e. The second-order valence-corrected chi connectivity index (χ2v) is 12.1. The minimum absolute atomic E-state index is 0.0878. The molecule has 2 aromatic heterocycles. The highest BCUT2D eigenvalue weighted by atomic mass is 16.5. The standard InChI is InChI=1S/C31H39N9O2/c1-22-14-28(36-30(35-22)40-20-31(21-40)19-33-8-13-41-31)38-11-9-37(10-12-38)17-25-18-39(16-23(2)42-25)27-6-5-24(15-32)29-26(27)4-3-7-34-29/h3-7,14,23,25,33H,8-13,16-21H2,1-2H3/t23-,25+/m1/s1. The number of morpholine rings is 2. The van der Waals surface area contributed by atoms with Crippen molar-refractivity contribution in [2.45, 2.75) is 31.7 Å². The van der Waals surface area contributed by atoms with Crippen LogP contribution in [0.1, 0.15) is 18.2 Å². The summed E-state index contributed by atoms with van der Waals surface area (Å²) >= 11 is 0. The Morgan fingerprint density at radius 1 is 1.07 bits per heavy atom. The van der Waals surface area contributed by atoms with Crippen molar-refractivity contribution in [2.24, 2.45) is 0 Å². The molecule has 11 heteroatoms. The Morgan fingerprint density at radius 3 is 2.71 bits per heavy atom. The van der Waals surface area contributed by atoms with Gasteiger partial charge in [0.05, 0.1) is 43.0 Å². The van der Waals surface area contributed by atoms with Crippen LogP contribution < -0.4 is 20.0 Å². The Kier molecular flexibility index (Phi) is 7.32. The van der Waals surface area contributed by atoms with E-state index in [-0.39, 0.29) is 17.8 Å². The van der Waals surface area contributed by atoms with Crippen LogP contribution in [0.3, 0.4) is 0 Å². The molecule has 1 N–H and O–H groups in total. The summed E-state index contributed by atoms with van der Waals surface area (Å²) < 4.78 is 12.5. The zero-order valence-electron chi connectivity index (χ0n) is 24.5. The molecule has 0 aliphatic carbocycles. The summed E-state index contributed by atoms with van der Waals surface area (Å²) in [6, 6.07) is 12.3. The number of pyridine rings is 1. The molecule has 3 aromatic rings. The van der Waals surface area contributed by atoms with Crippen molar-refractivity contribution in [3.8, 4) is 6.07 Å². The lowest BCUT2D eigenvalue weighted by atomic mass is 9.93. The van der Waals surface area contributed by atoms with E-state index in [0.717, 1.165) is 113 Å². The highest BCUT2D eigenvalue weighted by Gasteiger charge is 2.46. The second kappa shape index (κ2) is 11.3. The molecule has 0 bridgehead atoms. The lowest BCUT2D eigenvalue weighted by Crippen LogP contribution is -2.70. The van der Waals surface area contributed by atoms with Crippen molar-refractivity contribution in [1.82, 2.24) is 25.2 Å². The molecule has 1 spiro atoms. The van der Waals surface area contributed by atoms with Gasteiger partial charge in [-0.05, 0) is 38.1 Å². The number of rotatable bonds is 5. The summed E-state index contributed by atoms with van der Waals surface area (Å²) in [4.78, 5) is 23.8. The van der Waals surface area contributed by atoms with Gasteiger partial charge in [0.1, 0.15) is 17.5 Å². The normalized spacial score (nSPS) is 24.5. The predicted octanol–water partition coefficient (Wildman–Crippen LogP) is 1.80. The van der Waals surface area contributed by atoms with Crippen LogP contribution in [0.2, 0.25) is 0 Å². The number of piperazine rings is 1. The number of nitrogens with one attached hydrogen (secondary N) is 1. The molecule has 0 saturated carbocycles. The summed E-state index contributed by atoms with van der Waals surface area (Å²) in [5, 5.41) is 14.0. The Morgan fingerprint density at radius 2 is 1.93 bits per heavy atom. The van der Waals surface area contributed by atoms with Crippen molar-refractivity contribution in [3.63, 3.8) is 0 Å². The van der Waals surface area contributed by atoms with E-state index in [9.17, 15) is 5.26 Å². The molecule has 7 rings (SSSR count). The number of fused-ring (bicyclic) bond motifs is 1. The molecule has 0 unspecified atom stereocenters. The fourth-order valence-corrected chi connectivity index (χ4v) is 6.85. The summed E-state index contributed by atoms with van der Waals surface area (Å²) in [6.07, 6.45) is 1.97. The number of nitrogens with zero attached hydrogens (tertiary/aromatic N) is 8. The van der Waals surface area contributed by atoms with Crippen LogP contribution in [-0.2, 0) is 9.47 Å². The number of hydrogen-bond donors (Lipinski definition) is 1. The van der Waals surface area contributed by atoms with Crippen molar-refractivity contribution >= 4 is 28.4 Å². The number of nitriles is 1. The molecule has 4 aliphatic heterocycles. The van der Waals surface area contributed by atoms with Crippen LogP contribution in [-0.4, -0.2) is 116 Å². The number of aryl methyl sites for hydroxylation is 1. The first kappa shape index (κ1) is 27.3. The lowest BCUT2D eigenvalue weighted by molar-refractivity contribution is -0.0834. The third kappa shape index (κ3) is 5.36. The molecule has 11 nitrogen and oxygen atoms in total. The highest BCUT2D eigenvalue weighted by Crippen LogP contribution is 2.32. The number of hydrogen-bond acceptors (Lipinski definition) is 11. The monoisotopic (exact) mass is 569 g/mol. The van der Waals surface area contributed by atoms with Crippen LogP contribution in [0.5, 0.6) is 0 Å². The van der Waals surface area contributed by atoms with Crippen LogP contribution >= 0.6 is 0 Å². The lowest BCUT2D eigenvalue weighted by Gasteiger charge is -2.51. The minimum Gasteiger partial charge on any atom is -0.370 e. The minimum atomic E-state index is -0.0878. The van der Waals surface area contributed by atoms with Crippen LogP contribution in [0.4, 0.5) is 17.5 Å². The van der Waals surface area contributed by atoms with E-state index in [4.69, 9.17) is 19.4 Å². The summed E-state index contributed by atoms with van der Waals surface area (Å²) in [7, 11) is 0. The molecule has 0 amide bonds. The number of benzene rings is 1. The van der Waals surface area contributed by atoms with Gasteiger partial charge in [0.15, 0.2) is 0 Å². The van der Waals surface area contributed by atoms with E-state index in [0.29, 0.717) is 5.56 Å². The molecule has 4 saturated heterocycles. The molecule has 2 atom stereocenters. The van der Waals surface area contributed by atoms with Crippen molar-refractivity contribution in [1.29, 1.82) is 5.26 Å². The Balaban J connectivity index is 0.976. The zero-order valence-corrected chi connectivity index (χ0v) is 24.5. The smallest absolute Gasteiger partial charge is 0.227 e. The zero-order chi connectivity index (χ0) is 28.7. The average Bonchev–Trinajstić information content (AvgIpc) is 2.99. The van der Waals surface area contributed by atoms with Crippen molar-refractivity contribution < 1.29 is 9.47 Å². The Hall–Kier alpha value is -3.56. The van der Waals surface area contributed by atoms with E-state index < -0.39 is 0 Å². The molecule has 4 aliphatic rings. The molecule has 220 valence electrons. The fourth-order valence-electron chi connectivity index (χ4n) is 6.85. The molecule has 0 radical (unpaired) electrons. The summed E-state index contributed by atoms with van der Waals surface area (Å²) in [6.45, 7) is 14.7.